The Bertz CT molecular complexity index is 275. The molecular weight excluding hydrogens is 136 g/mol. The van der Waals surface area contributed by atoms with Crippen molar-refractivity contribution in [2.75, 3.05) is 0 Å². The maximum absolute atomic E-state index is 4.23. The molecular formula is C9H12N2. The topological polar surface area (TPSA) is 17.8 Å². The molecule has 0 N–H and O–H groups in total. The fraction of sp³-hybridized carbons (Fsp3) is 0.444. The quantitative estimate of drug-likeness (QED) is 0.582. The van der Waals surface area contributed by atoms with Crippen LogP contribution in [0.4, 0.5) is 0 Å². The molecule has 1 heterocycles. The van der Waals surface area contributed by atoms with Gasteiger partial charge in [-0.25, -0.2) is 0 Å². The third kappa shape index (κ3) is 2.46. The Kier molecular flexibility index (Phi) is 2.74. The van der Waals surface area contributed by atoms with Gasteiger partial charge in [-0.1, -0.05) is 0 Å². The highest BCUT2D eigenvalue weighted by molar-refractivity contribution is 4.97. The van der Waals surface area contributed by atoms with Crippen molar-refractivity contribution in [1.82, 2.24) is 9.78 Å². The van der Waals surface area contributed by atoms with Gasteiger partial charge < -0.3 is 0 Å². The molecule has 11 heavy (non-hydrogen) atoms. The van der Waals surface area contributed by atoms with E-state index in [0.717, 1.165) is 18.7 Å². The van der Waals surface area contributed by atoms with Gasteiger partial charge in [0.2, 0.25) is 0 Å². The molecule has 0 fully saturated rings. The monoisotopic (exact) mass is 148 g/mol. The van der Waals surface area contributed by atoms with E-state index in [-0.39, 0.29) is 0 Å². The van der Waals surface area contributed by atoms with Gasteiger partial charge in [0, 0.05) is 12.6 Å². The molecule has 0 aliphatic rings. The normalized spacial score (nSPS) is 8.91. The summed E-state index contributed by atoms with van der Waals surface area (Å²) in [5.41, 5.74) is 1.06. The van der Waals surface area contributed by atoms with Gasteiger partial charge in [-0.15, -0.1) is 11.8 Å². The largest absolute Gasteiger partial charge is 0.272 e. The van der Waals surface area contributed by atoms with Crippen molar-refractivity contribution in [3.8, 4) is 11.8 Å². The van der Waals surface area contributed by atoms with E-state index in [1.165, 1.54) is 0 Å². The van der Waals surface area contributed by atoms with E-state index >= 15 is 0 Å². The molecule has 1 aromatic rings. The van der Waals surface area contributed by atoms with Gasteiger partial charge >= 0.3 is 0 Å². The van der Waals surface area contributed by atoms with E-state index in [1.807, 2.05) is 30.8 Å². The van der Waals surface area contributed by atoms with Gasteiger partial charge in [0.05, 0.1) is 12.2 Å². The second-order valence-corrected chi connectivity index (χ2v) is 2.40. The highest BCUT2D eigenvalue weighted by atomic mass is 15.3. The first-order chi connectivity index (χ1) is 5.33. The molecule has 1 aromatic heterocycles. The molecule has 2 heteroatoms. The zero-order valence-electron chi connectivity index (χ0n) is 6.96. The number of rotatable bonds is 2. The summed E-state index contributed by atoms with van der Waals surface area (Å²) < 4.78 is 1.92. The molecule has 0 radical (unpaired) electrons. The second kappa shape index (κ2) is 3.82. The van der Waals surface area contributed by atoms with Gasteiger partial charge in [0.15, 0.2) is 0 Å². The van der Waals surface area contributed by atoms with Crippen molar-refractivity contribution in [2.24, 2.45) is 0 Å². The average molecular weight is 148 g/mol. The van der Waals surface area contributed by atoms with Crippen LogP contribution in [0.5, 0.6) is 0 Å². The third-order valence-electron chi connectivity index (χ3n) is 1.42. The summed E-state index contributed by atoms with van der Waals surface area (Å²) in [6, 6.07) is 2.00. The summed E-state index contributed by atoms with van der Waals surface area (Å²) in [6.07, 6.45) is 2.87. The lowest BCUT2D eigenvalue weighted by Gasteiger charge is -1.93. The first-order valence-corrected chi connectivity index (χ1v) is 3.72. The lowest BCUT2D eigenvalue weighted by atomic mass is 10.4. The zero-order chi connectivity index (χ0) is 8.10. The van der Waals surface area contributed by atoms with Crippen LogP contribution in [0.15, 0.2) is 12.3 Å². The van der Waals surface area contributed by atoms with Crippen molar-refractivity contribution >= 4 is 0 Å². The Balaban J connectivity index is 2.43. The number of hydrogen-bond acceptors (Lipinski definition) is 1. The van der Waals surface area contributed by atoms with Crippen LogP contribution >= 0.6 is 0 Å². The van der Waals surface area contributed by atoms with Crippen LogP contribution in [-0.4, -0.2) is 9.78 Å². The van der Waals surface area contributed by atoms with E-state index < -0.39 is 0 Å². The average Bonchev–Trinajstić information content (AvgIpc) is 2.37. The van der Waals surface area contributed by atoms with E-state index in [1.54, 1.807) is 0 Å². The lowest BCUT2D eigenvalue weighted by Crippen LogP contribution is -1.97. The molecule has 0 unspecified atom stereocenters. The molecule has 2 nitrogen and oxygen atoms in total. The Morgan fingerprint density at radius 3 is 3.00 bits per heavy atom. The minimum absolute atomic E-state index is 0.887. The van der Waals surface area contributed by atoms with Crippen molar-refractivity contribution < 1.29 is 0 Å². The molecule has 0 bridgehead atoms. The number of nitrogens with zero attached hydrogens (tertiary/aromatic N) is 2. The van der Waals surface area contributed by atoms with Gasteiger partial charge in [-0.05, 0) is 19.9 Å². The molecule has 0 aliphatic heterocycles. The van der Waals surface area contributed by atoms with Crippen molar-refractivity contribution in [3.05, 3.63) is 18.0 Å². The number of hydrogen-bond donors (Lipinski definition) is 0. The van der Waals surface area contributed by atoms with Crippen LogP contribution in [-0.2, 0) is 6.54 Å². The molecule has 1 rings (SSSR count). The lowest BCUT2D eigenvalue weighted by molar-refractivity contribution is 0.624. The molecule has 0 aliphatic carbocycles. The molecule has 0 aromatic carbocycles. The predicted molar refractivity (Wildman–Crippen MR) is 45.0 cm³/mol. The van der Waals surface area contributed by atoms with Gasteiger partial charge in [0.25, 0.3) is 0 Å². The zero-order valence-corrected chi connectivity index (χ0v) is 6.96. The molecule has 0 amide bonds. The van der Waals surface area contributed by atoms with E-state index in [4.69, 9.17) is 0 Å². The molecule has 0 atom stereocenters. The molecule has 0 spiro atoms. The Hall–Kier alpha value is -1.23. The highest BCUT2D eigenvalue weighted by Crippen LogP contribution is 1.93. The summed E-state index contributed by atoms with van der Waals surface area (Å²) in [7, 11) is 0. The van der Waals surface area contributed by atoms with E-state index in [9.17, 15) is 0 Å². The minimum atomic E-state index is 0.887. The number of aryl methyl sites for hydroxylation is 2. The van der Waals surface area contributed by atoms with Crippen LogP contribution < -0.4 is 0 Å². The van der Waals surface area contributed by atoms with Crippen LogP contribution in [0.1, 0.15) is 19.0 Å². The van der Waals surface area contributed by atoms with Crippen LogP contribution in [0.25, 0.3) is 0 Å². The first-order valence-electron chi connectivity index (χ1n) is 3.72. The molecule has 58 valence electrons. The fourth-order valence-electron chi connectivity index (χ4n) is 0.883. The Morgan fingerprint density at radius 1 is 1.64 bits per heavy atom. The SMILES string of the molecule is CC#CCCn1ccc(C)n1. The van der Waals surface area contributed by atoms with Crippen molar-refractivity contribution in [1.29, 1.82) is 0 Å². The minimum Gasteiger partial charge on any atom is -0.272 e. The standard InChI is InChI=1S/C9H12N2/c1-3-4-5-7-11-8-6-9(2)10-11/h6,8H,5,7H2,1-2H3. The maximum Gasteiger partial charge on any atom is 0.0593 e. The van der Waals surface area contributed by atoms with Crippen LogP contribution in [0.2, 0.25) is 0 Å². The van der Waals surface area contributed by atoms with Crippen molar-refractivity contribution in [2.45, 2.75) is 26.8 Å². The summed E-state index contributed by atoms with van der Waals surface area (Å²) >= 11 is 0. The fourth-order valence-corrected chi connectivity index (χ4v) is 0.883. The number of aromatic nitrogens is 2. The first kappa shape index (κ1) is 7.87. The highest BCUT2D eigenvalue weighted by Gasteiger charge is 1.90. The van der Waals surface area contributed by atoms with Crippen molar-refractivity contribution in [3.63, 3.8) is 0 Å². The van der Waals surface area contributed by atoms with Gasteiger partial charge in [-0.3, -0.25) is 4.68 Å². The Morgan fingerprint density at radius 2 is 2.45 bits per heavy atom. The van der Waals surface area contributed by atoms with E-state index in [0.29, 0.717) is 0 Å². The maximum atomic E-state index is 4.23. The summed E-state index contributed by atoms with van der Waals surface area (Å²) in [5, 5.41) is 4.23. The predicted octanol–water partition coefficient (Wildman–Crippen LogP) is 1.60. The smallest absolute Gasteiger partial charge is 0.0593 e. The van der Waals surface area contributed by atoms with Crippen LogP contribution in [0.3, 0.4) is 0 Å². The van der Waals surface area contributed by atoms with Gasteiger partial charge in [0.1, 0.15) is 0 Å². The third-order valence-corrected chi connectivity index (χ3v) is 1.42. The summed E-state index contributed by atoms with van der Waals surface area (Å²) in [5.74, 6) is 5.85. The van der Waals surface area contributed by atoms with Gasteiger partial charge in [-0.2, -0.15) is 5.10 Å². The Labute approximate surface area is 67.2 Å². The molecule has 0 saturated heterocycles. The summed E-state index contributed by atoms with van der Waals surface area (Å²) in [6.45, 7) is 4.74. The van der Waals surface area contributed by atoms with Crippen LogP contribution in [0, 0.1) is 18.8 Å². The van der Waals surface area contributed by atoms with E-state index in [2.05, 4.69) is 16.9 Å². The summed E-state index contributed by atoms with van der Waals surface area (Å²) in [4.78, 5) is 0. The molecule has 0 saturated carbocycles. The second-order valence-electron chi connectivity index (χ2n) is 2.40.